The van der Waals surface area contributed by atoms with Gasteiger partial charge in [-0.05, 0) is 84.2 Å². The van der Waals surface area contributed by atoms with Gasteiger partial charge in [0.15, 0.2) is 0 Å². The molecule has 2 fully saturated rings. The normalized spacial score (nSPS) is 26.6. The lowest BCUT2D eigenvalue weighted by molar-refractivity contribution is -0.129. The molecule has 5 heteroatoms. The Kier molecular flexibility index (Phi) is 5.91. The summed E-state index contributed by atoms with van der Waals surface area (Å²) in [5, 5.41) is 8.56. The van der Waals surface area contributed by atoms with E-state index in [-0.39, 0.29) is 5.41 Å². The molecule has 0 saturated heterocycles. The zero-order chi connectivity index (χ0) is 24.7. The molecule has 0 spiro atoms. The number of carbonyl (C=O) groups excluding carboxylic acids is 1. The molecule has 0 amide bonds. The van der Waals surface area contributed by atoms with Gasteiger partial charge in [-0.2, -0.15) is 0 Å². The first-order chi connectivity index (χ1) is 17.5. The van der Waals surface area contributed by atoms with Crippen molar-refractivity contribution in [3.8, 4) is 18.1 Å². The van der Waals surface area contributed by atoms with Gasteiger partial charge in [0.1, 0.15) is 23.8 Å². The van der Waals surface area contributed by atoms with E-state index in [0.29, 0.717) is 43.1 Å². The molecule has 3 aliphatic rings. The van der Waals surface area contributed by atoms with Gasteiger partial charge in [-0.15, -0.1) is 17.4 Å². The Hall–Kier alpha value is -3.39. The third-order valence-corrected chi connectivity index (χ3v) is 9.05. The number of fused-ring (bicyclic) bond motifs is 5. The van der Waals surface area contributed by atoms with Crippen LogP contribution in [0.1, 0.15) is 72.9 Å². The van der Waals surface area contributed by atoms with Gasteiger partial charge in [0.25, 0.3) is 0 Å². The van der Waals surface area contributed by atoms with E-state index in [1.807, 2.05) is 10.9 Å². The molecule has 3 aromatic rings. The molecule has 2 aromatic carbocycles. The van der Waals surface area contributed by atoms with Gasteiger partial charge in [0, 0.05) is 18.3 Å². The molecule has 4 atom stereocenters. The van der Waals surface area contributed by atoms with E-state index in [1.165, 1.54) is 17.5 Å². The molecule has 0 N–H and O–H groups in total. The molecule has 184 valence electrons. The quantitative estimate of drug-likeness (QED) is 0.438. The molecule has 0 bridgehead atoms. The van der Waals surface area contributed by atoms with Gasteiger partial charge in [-0.1, -0.05) is 42.5 Å². The second kappa shape index (κ2) is 9.24. The van der Waals surface area contributed by atoms with Crippen molar-refractivity contribution in [2.45, 2.75) is 70.9 Å². The summed E-state index contributed by atoms with van der Waals surface area (Å²) in [5.74, 6) is 5.88. The largest absolute Gasteiger partial charge is 0.487 e. The van der Waals surface area contributed by atoms with E-state index in [0.717, 1.165) is 54.7 Å². The van der Waals surface area contributed by atoms with Crippen LogP contribution in [0.5, 0.6) is 5.75 Å². The molecule has 6 rings (SSSR count). The minimum atomic E-state index is -0.0649. The first-order valence-electron chi connectivity index (χ1n) is 13.2. The Morgan fingerprint density at radius 3 is 2.78 bits per heavy atom. The molecule has 1 heterocycles. The van der Waals surface area contributed by atoms with Crippen molar-refractivity contribution in [2.24, 2.45) is 17.3 Å². The third-order valence-electron chi connectivity index (χ3n) is 9.05. The van der Waals surface area contributed by atoms with Crippen LogP contribution in [0.4, 0.5) is 0 Å². The van der Waals surface area contributed by atoms with Crippen LogP contribution in [-0.2, 0) is 30.8 Å². The zero-order valence-electron chi connectivity index (χ0n) is 21.0. The van der Waals surface area contributed by atoms with Gasteiger partial charge < -0.3 is 4.74 Å². The maximum atomic E-state index is 12.6. The molecule has 0 radical (unpaired) electrons. The first-order valence-corrected chi connectivity index (χ1v) is 13.2. The maximum Gasteiger partial charge on any atom is 0.139 e. The molecule has 0 aliphatic heterocycles. The Labute approximate surface area is 213 Å². The number of hydrogen-bond donors (Lipinski definition) is 0. The van der Waals surface area contributed by atoms with E-state index in [1.54, 1.807) is 0 Å². The lowest BCUT2D eigenvalue weighted by Gasteiger charge is -2.48. The van der Waals surface area contributed by atoms with Crippen LogP contribution in [0.25, 0.3) is 0 Å². The summed E-state index contributed by atoms with van der Waals surface area (Å²) in [4.78, 5) is 12.6. The molecular formula is C31H33N3O2. The number of aryl methyl sites for hydroxylation is 1. The summed E-state index contributed by atoms with van der Waals surface area (Å²) < 4.78 is 7.96. The number of nitrogens with zero attached hydrogens (tertiary/aromatic N) is 3. The molecule has 3 aliphatic carbocycles. The predicted molar refractivity (Wildman–Crippen MR) is 139 cm³/mol. The third kappa shape index (κ3) is 4.13. The number of ether oxygens (including phenoxy) is 1. The van der Waals surface area contributed by atoms with E-state index in [9.17, 15) is 4.79 Å². The zero-order valence-corrected chi connectivity index (χ0v) is 21.0. The Morgan fingerprint density at radius 2 is 1.94 bits per heavy atom. The fraction of sp³-hybridized carbons (Fsp3) is 0.452. The Morgan fingerprint density at radius 1 is 1.11 bits per heavy atom. The standard InChI is InChI=1S/C31H33N3O2/c1-3-4-21-5-7-22(8-6-21)18-34-19-24(32-33-34)20-36-25-10-12-26-23(17-25)9-11-28-27(26)15-16-31(2)29(28)13-14-30(31)35/h1,5-8,10,12,17,19,27-29H,4,9,11,13-16,18,20H2,2H3/t27-,28-,29+,31-/m1/s1. The lowest BCUT2D eigenvalue weighted by Crippen LogP contribution is -2.42. The van der Waals surface area contributed by atoms with Crippen molar-refractivity contribution in [3.05, 3.63) is 76.6 Å². The maximum absolute atomic E-state index is 12.6. The smallest absolute Gasteiger partial charge is 0.139 e. The highest BCUT2D eigenvalue weighted by molar-refractivity contribution is 5.87. The average Bonchev–Trinajstić information content (AvgIpc) is 3.47. The highest BCUT2D eigenvalue weighted by atomic mass is 16.5. The fourth-order valence-electron chi connectivity index (χ4n) is 7.13. The van der Waals surface area contributed by atoms with Gasteiger partial charge in [-0.3, -0.25) is 4.79 Å². The number of ketones is 1. The lowest BCUT2D eigenvalue weighted by atomic mass is 9.55. The van der Waals surface area contributed by atoms with Gasteiger partial charge >= 0.3 is 0 Å². The van der Waals surface area contributed by atoms with E-state index >= 15 is 0 Å². The SMILES string of the molecule is C#CCc1ccc(Cn2cc(COc3ccc4c(c3)CC[C@@H]3[C@@H]4CC[C@@]4(C)C(=O)CC[C@@H]34)nn2)cc1. The van der Waals surface area contributed by atoms with Crippen molar-refractivity contribution in [3.63, 3.8) is 0 Å². The minimum Gasteiger partial charge on any atom is -0.487 e. The number of terminal acetylenes is 1. The summed E-state index contributed by atoms with van der Waals surface area (Å²) in [6.07, 6.45) is 14.3. The van der Waals surface area contributed by atoms with Crippen molar-refractivity contribution in [2.75, 3.05) is 0 Å². The fourth-order valence-corrected chi connectivity index (χ4v) is 7.13. The summed E-state index contributed by atoms with van der Waals surface area (Å²) >= 11 is 0. The Balaban J connectivity index is 1.09. The molecule has 1 aromatic heterocycles. The number of carbonyl (C=O) groups is 1. The van der Waals surface area contributed by atoms with Gasteiger partial charge in [-0.25, -0.2) is 4.68 Å². The average molecular weight is 480 g/mol. The second-order valence-corrected chi connectivity index (χ2v) is 11.1. The minimum absolute atomic E-state index is 0.0649. The number of aromatic nitrogens is 3. The van der Waals surface area contributed by atoms with Crippen molar-refractivity contribution in [1.29, 1.82) is 0 Å². The van der Waals surface area contributed by atoms with Crippen LogP contribution in [0.3, 0.4) is 0 Å². The molecule has 2 saturated carbocycles. The van der Waals surface area contributed by atoms with E-state index in [4.69, 9.17) is 11.2 Å². The number of benzene rings is 2. The van der Waals surface area contributed by atoms with Crippen molar-refractivity contribution < 1.29 is 9.53 Å². The van der Waals surface area contributed by atoms with Crippen LogP contribution >= 0.6 is 0 Å². The summed E-state index contributed by atoms with van der Waals surface area (Å²) in [5.41, 5.74) is 5.95. The van der Waals surface area contributed by atoms with Crippen LogP contribution in [0.15, 0.2) is 48.7 Å². The predicted octanol–water partition coefficient (Wildman–Crippen LogP) is 5.51. The van der Waals surface area contributed by atoms with Crippen molar-refractivity contribution >= 4 is 5.78 Å². The van der Waals surface area contributed by atoms with Crippen LogP contribution < -0.4 is 4.74 Å². The highest BCUT2D eigenvalue weighted by Crippen LogP contribution is 2.59. The van der Waals surface area contributed by atoms with Gasteiger partial charge in [0.2, 0.25) is 0 Å². The van der Waals surface area contributed by atoms with E-state index in [2.05, 4.69) is 65.6 Å². The summed E-state index contributed by atoms with van der Waals surface area (Å²) in [6.45, 7) is 3.30. The summed E-state index contributed by atoms with van der Waals surface area (Å²) in [6, 6.07) is 14.9. The number of hydrogen-bond acceptors (Lipinski definition) is 4. The monoisotopic (exact) mass is 479 g/mol. The van der Waals surface area contributed by atoms with Crippen LogP contribution in [-0.4, -0.2) is 20.8 Å². The van der Waals surface area contributed by atoms with Crippen LogP contribution in [0, 0.1) is 29.6 Å². The molecule has 5 nitrogen and oxygen atoms in total. The molecular weight excluding hydrogens is 446 g/mol. The van der Waals surface area contributed by atoms with Crippen LogP contribution in [0.2, 0.25) is 0 Å². The summed E-state index contributed by atoms with van der Waals surface area (Å²) in [7, 11) is 0. The Bertz CT molecular complexity index is 1320. The van der Waals surface area contributed by atoms with E-state index < -0.39 is 0 Å². The molecule has 36 heavy (non-hydrogen) atoms. The second-order valence-electron chi connectivity index (χ2n) is 11.1. The first kappa shape index (κ1) is 23.0. The number of rotatable bonds is 6. The van der Waals surface area contributed by atoms with Crippen molar-refractivity contribution in [1.82, 2.24) is 15.0 Å². The molecule has 0 unspecified atom stereocenters. The highest BCUT2D eigenvalue weighted by Gasteiger charge is 2.54. The topological polar surface area (TPSA) is 57.0 Å². The van der Waals surface area contributed by atoms with Gasteiger partial charge in [0.05, 0.1) is 12.7 Å². The number of Topliss-reactive ketones (excluding diaryl/α,β-unsaturated/α-hetero) is 1.